The fourth-order valence-corrected chi connectivity index (χ4v) is 1.79. The molecule has 1 atom stereocenters. The van der Waals surface area contributed by atoms with Gasteiger partial charge >= 0.3 is 0 Å². The first kappa shape index (κ1) is 13.3. The normalized spacial score (nSPS) is 17.6. The summed E-state index contributed by atoms with van der Waals surface area (Å²) in [7, 11) is 0. The van der Waals surface area contributed by atoms with Gasteiger partial charge in [0.25, 0.3) is 0 Å². The van der Waals surface area contributed by atoms with Gasteiger partial charge in [-0.05, 0) is 24.9 Å². The van der Waals surface area contributed by atoms with E-state index in [9.17, 15) is 0 Å². The van der Waals surface area contributed by atoms with Crippen LogP contribution in [0.25, 0.3) is 0 Å². The van der Waals surface area contributed by atoms with Crippen molar-refractivity contribution in [1.82, 2.24) is 15.0 Å². The Morgan fingerprint density at radius 3 is 2.72 bits per heavy atom. The molecule has 1 N–H and O–H groups in total. The molecule has 1 aromatic rings. The molecule has 0 unspecified atom stereocenters. The number of nitrogens with one attached hydrogen (secondary N) is 1. The fraction of sp³-hybridized carbons (Fsp3) is 0.727. The van der Waals surface area contributed by atoms with Crippen molar-refractivity contribution in [2.75, 3.05) is 36.5 Å². The smallest absolute Gasteiger partial charge is 0.231 e. The van der Waals surface area contributed by atoms with Gasteiger partial charge in [-0.25, -0.2) is 0 Å². The van der Waals surface area contributed by atoms with E-state index in [2.05, 4.69) is 39.0 Å². The Kier molecular flexibility index (Phi) is 4.54. The van der Waals surface area contributed by atoms with E-state index in [1.807, 2.05) is 0 Å². The van der Waals surface area contributed by atoms with Gasteiger partial charge in [0.2, 0.25) is 17.2 Å². The molecule has 0 aliphatic carbocycles. The molecular weight excluding hydrogens is 254 g/mol. The maximum Gasteiger partial charge on any atom is 0.231 e. The summed E-state index contributed by atoms with van der Waals surface area (Å²) in [6.07, 6.45) is 0.996. The van der Waals surface area contributed by atoms with Crippen LogP contribution in [-0.4, -0.2) is 47.3 Å². The summed E-state index contributed by atoms with van der Waals surface area (Å²) in [5.41, 5.74) is 0. The molecule has 18 heavy (non-hydrogen) atoms. The van der Waals surface area contributed by atoms with E-state index in [1.54, 1.807) is 0 Å². The molecule has 0 saturated carbocycles. The second kappa shape index (κ2) is 6.15. The van der Waals surface area contributed by atoms with Gasteiger partial charge in [-0.15, -0.1) is 0 Å². The van der Waals surface area contributed by atoms with Crippen LogP contribution in [0, 0.1) is 0 Å². The van der Waals surface area contributed by atoms with Gasteiger partial charge in [-0.2, -0.15) is 15.0 Å². The van der Waals surface area contributed by atoms with Gasteiger partial charge in [0.1, 0.15) is 0 Å². The molecule has 1 saturated heterocycles. The molecule has 1 fully saturated rings. The monoisotopic (exact) mass is 271 g/mol. The van der Waals surface area contributed by atoms with Crippen LogP contribution < -0.4 is 10.2 Å². The van der Waals surface area contributed by atoms with Gasteiger partial charge in [-0.3, -0.25) is 0 Å². The van der Waals surface area contributed by atoms with Gasteiger partial charge < -0.3 is 15.0 Å². The predicted molar refractivity (Wildman–Crippen MR) is 71.2 cm³/mol. The number of anilines is 2. The van der Waals surface area contributed by atoms with Crippen LogP contribution in [0.5, 0.6) is 0 Å². The van der Waals surface area contributed by atoms with E-state index in [0.717, 1.165) is 19.5 Å². The van der Waals surface area contributed by atoms with Crippen molar-refractivity contribution < 1.29 is 4.74 Å². The summed E-state index contributed by atoms with van der Waals surface area (Å²) >= 11 is 5.94. The van der Waals surface area contributed by atoms with Crippen LogP contribution in [0.3, 0.4) is 0 Å². The maximum atomic E-state index is 5.94. The first-order valence-corrected chi connectivity index (χ1v) is 6.57. The average Bonchev–Trinajstić information content (AvgIpc) is 2.39. The van der Waals surface area contributed by atoms with Crippen LogP contribution in [-0.2, 0) is 4.74 Å². The highest BCUT2D eigenvalue weighted by atomic mass is 35.5. The summed E-state index contributed by atoms with van der Waals surface area (Å²) < 4.78 is 5.30. The zero-order valence-corrected chi connectivity index (χ0v) is 11.4. The first-order chi connectivity index (χ1) is 8.69. The molecule has 2 rings (SSSR count). The average molecular weight is 272 g/mol. The van der Waals surface area contributed by atoms with Crippen molar-refractivity contribution >= 4 is 23.5 Å². The van der Waals surface area contributed by atoms with Crippen molar-refractivity contribution in [2.24, 2.45) is 0 Å². The van der Waals surface area contributed by atoms with Crippen LogP contribution in [0.4, 0.5) is 11.9 Å². The van der Waals surface area contributed by atoms with E-state index in [-0.39, 0.29) is 5.28 Å². The summed E-state index contributed by atoms with van der Waals surface area (Å²) in [5, 5.41) is 3.43. The van der Waals surface area contributed by atoms with Crippen molar-refractivity contribution in [2.45, 2.75) is 26.3 Å². The van der Waals surface area contributed by atoms with Crippen LogP contribution >= 0.6 is 11.6 Å². The Labute approximate surface area is 112 Å². The van der Waals surface area contributed by atoms with Gasteiger partial charge in [0.15, 0.2) is 0 Å². The van der Waals surface area contributed by atoms with Crippen LogP contribution in [0.2, 0.25) is 5.28 Å². The maximum absolute atomic E-state index is 5.94. The molecule has 0 radical (unpaired) electrons. The lowest BCUT2D eigenvalue weighted by Gasteiger charge is -2.27. The summed E-state index contributed by atoms with van der Waals surface area (Å²) in [6, 6.07) is 0.306. The quantitative estimate of drug-likeness (QED) is 0.897. The second-order valence-electron chi connectivity index (χ2n) is 4.28. The lowest BCUT2D eigenvalue weighted by Crippen LogP contribution is -2.37. The summed E-state index contributed by atoms with van der Waals surface area (Å²) in [5.74, 6) is 1.15. The molecule has 0 bridgehead atoms. The SMILES string of the molecule is CC[C@@H](C)Nc1nc(Cl)nc(N2CCOCC2)n1. The molecule has 2 heterocycles. The fourth-order valence-electron chi connectivity index (χ4n) is 1.63. The van der Waals surface area contributed by atoms with Gasteiger partial charge in [0.05, 0.1) is 13.2 Å². The first-order valence-electron chi connectivity index (χ1n) is 6.20. The van der Waals surface area contributed by atoms with E-state index >= 15 is 0 Å². The number of aromatic nitrogens is 3. The zero-order valence-electron chi connectivity index (χ0n) is 10.7. The number of halogens is 1. The Morgan fingerprint density at radius 2 is 2.06 bits per heavy atom. The minimum Gasteiger partial charge on any atom is -0.378 e. The molecule has 1 aliphatic rings. The lowest BCUT2D eigenvalue weighted by molar-refractivity contribution is 0.122. The van der Waals surface area contributed by atoms with Crippen LogP contribution in [0.15, 0.2) is 0 Å². The predicted octanol–water partition coefficient (Wildman–Crippen LogP) is 1.57. The number of morpholine rings is 1. The molecule has 100 valence electrons. The van der Waals surface area contributed by atoms with E-state index in [4.69, 9.17) is 16.3 Å². The number of hydrogen-bond donors (Lipinski definition) is 1. The summed E-state index contributed by atoms with van der Waals surface area (Å²) in [4.78, 5) is 14.7. The minimum absolute atomic E-state index is 0.220. The highest BCUT2D eigenvalue weighted by Gasteiger charge is 2.16. The molecule has 0 aromatic carbocycles. The molecule has 0 spiro atoms. The number of nitrogens with zero attached hydrogens (tertiary/aromatic N) is 4. The third-order valence-electron chi connectivity index (χ3n) is 2.88. The molecular formula is C11H18ClN5O. The van der Waals surface area contributed by atoms with E-state index in [1.165, 1.54) is 0 Å². The Balaban J connectivity index is 2.14. The third kappa shape index (κ3) is 3.43. The molecule has 1 aliphatic heterocycles. The molecule has 0 amide bonds. The summed E-state index contributed by atoms with van der Waals surface area (Å²) in [6.45, 7) is 7.12. The molecule has 1 aromatic heterocycles. The zero-order chi connectivity index (χ0) is 13.0. The van der Waals surface area contributed by atoms with Crippen molar-refractivity contribution in [1.29, 1.82) is 0 Å². The van der Waals surface area contributed by atoms with Gasteiger partial charge in [0, 0.05) is 19.1 Å². The largest absolute Gasteiger partial charge is 0.378 e. The minimum atomic E-state index is 0.220. The second-order valence-corrected chi connectivity index (χ2v) is 4.62. The van der Waals surface area contributed by atoms with Crippen molar-refractivity contribution in [3.05, 3.63) is 5.28 Å². The Morgan fingerprint density at radius 1 is 1.33 bits per heavy atom. The number of hydrogen-bond acceptors (Lipinski definition) is 6. The molecule has 7 heteroatoms. The highest BCUT2D eigenvalue weighted by molar-refractivity contribution is 6.28. The Bertz CT molecular complexity index is 397. The highest BCUT2D eigenvalue weighted by Crippen LogP contribution is 2.15. The third-order valence-corrected chi connectivity index (χ3v) is 3.05. The Hall–Kier alpha value is -1.14. The van der Waals surface area contributed by atoms with Gasteiger partial charge in [-0.1, -0.05) is 6.92 Å². The molecule has 6 nitrogen and oxygen atoms in total. The van der Waals surface area contributed by atoms with Crippen LogP contribution in [0.1, 0.15) is 20.3 Å². The number of ether oxygens (including phenoxy) is 1. The van der Waals surface area contributed by atoms with Crippen molar-refractivity contribution in [3.63, 3.8) is 0 Å². The van der Waals surface area contributed by atoms with E-state index < -0.39 is 0 Å². The van der Waals surface area contributed by atoms with Crippen molar-refractivity contribution in [3.8, 4) is 0 Å². The number of rotatable bonds is 4. The lowest BCUT2D eigenvalue weighted by atomic mass is 10.3. The topological polar surface area (TPSA) is 63.2 Å². The standard InChI is InChI=1S/C11H18ClN5O/c1-3-8(2)13-10-14-9(12)15-11(16-10)17-4-6-18-7-5-17/h8H,3-7H2,1-2H3,(H,13,14,15,16)/t8-/m1/s1. The van der Waals surface area contributed by atoms with E-state index in [0.29, 0.717) is 31.2 Å².